The molecule has 148 valence electrons. The number of ketones is 2. The number of carbonyl (C=O) groups excluding carboxylic acids is 3. The lowest BCUT2D eigenvalue weighted by Crippen LogP contribution is -2.16. The minimum atomic E-state index is -0.453. The van der Waals surface area contributed by atoms with Crippen molar-refractivity contribution < 1.29 is 23.9 Å². The van der Waals surface area contributed by atoms with Crippen molar-refractivity contribution in [3.8, 4) is 5.75 Å². The second-order valence-electron chi connectivity index (χ2n) is 6.48. The number of hydrogen-bond donors (Lipinski definition) is 0. The van der Waals surface area contributed by atoms with Crippen LogP contribution < -0.4 is 4.74 Å². The van der Waals surface area contributed by atoms with Crippen molar-refractivity contribution in [2.45, 2.75) is 26.5 Å². The molecular weight excluding hydrogens is 376 g/mol. The van der Waals surface area contributed by atoms with E-state index in [1.54, 1.807) is 31.4 Å². The Kier molecular flexibility index (Phi) is 7.81. The molecule has 0 radical (unpaired) electrons. The van der Waals surface area contributed by atoms with E-state index >= 15 is 0 Å². The molecule has 0 aliphatic heterocycles. The summed E-state index contributed by atoms with van der Waals surface area (Å²) in [5.41, 5.74) is 3.85. The van der Waals surface area contributed by atoms with Gasteiger partial charge >= 0.3 is 5.97 Å². The zero-order chi connectivity index (χ0) is 20.7. The fourth-order valence-corrected chi connectivity index (χ4v) is 3.45. The third kappa shape index (κ3) is 5.96. The summed E-state index contributed by atoms with van der Waals surface area (Å²) >= 11 is 1.34. The average molecular weight is 400 g/mol. The molecule has 0 bridgehead atoms. The molecule has 0 atom stereocenters. The molecule has 2 aromatic rings. The molecule has 0 aliphatic rings. The summed E-state index contributed by atoms with van der Waals surface area (Å²) in [6, 6.07) is 10.8. The van der Waals surface area contributed by atoms with Crippen LogP contribution in [0.5, 0.6) is 5.75 Å². The first-order chi connectivity index (χ1) is 13.3. The number of benzene rings is 2. The minimum absolute atomic E-state index is 0.0294. The smallest absolute Gasteiger partial charge is 0.316 e. The van der Waals surface area contributed by atoms with Crippen LogP contribution in [0, 0.1) is 13.8 Å². The fourth-order valence-electron chi connectivity index (χ4n) is 2.66. The maximum Gasteiger partial charge on any atom is 0.316 e. The third-order valence-electron chi connectivity index (χ3n) is 4.22. The topological polar surface area (TPSA) is 69.7 Å². The molecule has 2 rings (SSSR count). The highest BCUT2D eigenvalue weighted by Gasteiger charge is 2.13. The van der Waals surface area contributed by atoms with Crippen molar-refractivity contribution in [2.24, 2.45) is 0 Å². The Morgan fingerprint density at radius 2 is 1.79 bits per heavy atom. The quantitative estimate of drug-likeness (QED) is 0.465. The van der Waals surface area contributed by atoms with Gasteiger partial charge in [-0.2, -0.15) is 0 Å². The molecule has 0 aromatic heterocycles. The summed E-state index contributed by atoms with van der Waals surface area (Å²) in [4.78, 5) is 35.8. The molecule has 0 heterocycles. The van der Waals surface area contributed by atoms with E-state index in [1.165, 1.54) is 18.7 Å². The highest BCUT2D eigenvalue weighted by Crippen LogP contribution is 2.25. The molecule has 5 nitrogen and oxygen atoms in total. The Morgan fingerprint density at radius 3 is 2.46 bits per heavy atom. The van der Waals surface area contributed by atoms with Gasteiger partial charge in [0.15, 0.2) is 12.4 Å². The van der Waals surface area contributed by atoms with Crippen LogP contribution in [0.2, 0.25) is 0 Å². The van der Waals surface area contributed by atoms with Crippen molar-refractivity contribution in [1.82, 2.24) is 0 Å². The molecule has 0 aliphatic carbocycles. The number of Topliss-reactive ketones (excluding diaryl/α,β-unsaturated/α-hetero) is 2. The van der Waals surface area contributed by atoms with Gasteiger partial charge in [0.1, 0.15) is 5.75 Å². The Balaban J connectivity index is 1.86. The van der Waals surface area contributed by atoms with Gasteiger partial charge in [0.25, 0.3) is 0 Å². The number of aryl methyl sites for hydroxylation is 2. The Hall–Kier alpha value is -2.60. The zero-order valence-corrected chi connectivity index (χ0v) is 17.4. The molecule has 0 amide bonds. The number of carbonyl (C=O) groups is 3. The largest absolute Gasteiger partial charge is 0.496 e. The highest BCUT2D eigenvalue weighted by atomic mass is 32.2. The van der Waals surface area contributed by atoms with E-state index in [0.717, 1.165) is 16.7 Å². The van der Waals surface area contributed by atoms with Gasteiger partial charge in [0, 0.05) is 22.4 Å². The lowest BCUT2D eigenvalue weighted by molar-refractivity contribution is -0.139. The van der Waals surface area contributed by atoms with Crippen LogP contribution in [0.1, 0.15) is 44.3 Å². The van der Waals surface area contributed by atoms with Crippen LogP contribution >= 0.6 is 11.8 Å². The lowest BCUT2D eigenvalue weighted by atomic mass is 10.0. The van der Waals surface area contributed by atoms with E-state index in [-0.39, 0.29) is 23.9 Å². The summed E-state index contributed by atoms with van der Waals surface area (Å²) in [6.07, 6.45) is 0. The lowest BCUT2D eigenvalue weighted by Gasteiger charge is -2.10. The van der Waals surface area contributed by atoms with Crippen LogP contribution in [0.15, 0.2) is 36.4 Å². The normalized spacial score (nSPS) is 10.4. The van der Waals surface area contributed by atoms with Crippen molar-refractivity contribution in [1.29, 1.82) is 0 Å². The molecule has 0 spiro atoms. The maximum absolute atomic E-state index is 12.3. The SMILES string of the molecule is COc1ccc(C(C)=O)cc1CSCC(=O)OCC(=O)c1cc(C)ccc1C. The van der Waals surface area contributed by atoms with Gasteiger partial charge < -0.3 is 9.47 Å². The molecular formula is C22H24O5S. The second-order valence-corrected chi connectivity index (χ2v) is 7.46. The van der Waals surface area contributed by atoms with Crippen LogP contribution in [-0.4, -0.2) is 37.0 Å². The van der Waals surface area contributed by atoms with Crippen LogP contribution in [0.25, 0.3) is 0 Å². The monoisotopic (exact) mass is 400 g/mol. The molecule has 0 N–H and O–H groups in total. The number of thioether (sulfide) groups is 1. The van der Waals surface area contributed by atoms with Gasteiger partial charge in [0.2, 0.25) is 5.78 Å². The molecule has 0 unspecified atom stereocenters. The van der Waals surface area contributed by atoms with Crippen molar-refractivity contribution in [3.05, 3.63) is 64.2 Å². The van der Waals surface area contributed by atoms with Crippen LogP contribution in [-0.2, 0) is 15.3 Å². The second kappa shape index (κ2) is 10.1. The van der Waals surface area contributed by atoms with E-state index in [2.05, 4.69) is 0 Å². The van der Waals surface area contributed by atoms with Gasteiger partial charge in [-0.25, -0.2) is 0 Å². The predicted molar refractivity (Wildman–Crippen MR) is 110 cm³/mol. The van der Waals surface area contributed by atoms with Gasteiger partial charge in [-0.05, 0) is 50.6 Å². The maximum atomic E-state index is 12.3. The minimum Gasteiger partial charge on any atom is -0.496 e. The standard InChI is InChI=1S/C22H24O5S/c1-14-5-6-15(2)19(9-14)20(24)11-27-22(25)13-28-12-18-10-17(16(3)23)7-8-21(18)26-4/h5-10H,11-13H2,1-4H3. The molecule has 6 heteroatoms. The van der Waals surface area contributed by atoms with Crippen molar-refractivity contribution in [2.75, 3.05) is 19.5 Å². The average Bonchev–Trinajstić information content (AvgIpc) is 2.67. The summed E-state index contributed by atoms with van der Waals surface area (Å²) in [7, 11) is 1.56. The predicted octanol–water partition coefficient (Wildman–Crippen LogP) is 4.17. The van der Waals surface area contributed by atoms with Gasteiger partial charge in [0.05, 0.1) is 12.9 Å². The first-order valence-corrected chi connectivity index (χ1v) is 9.99. The number of hydrogen-bond acceptors (Lipinski definition) is 6. The Morgan fingerprint density at radius 1 is 1.04 bits per heavy atom. The van der Waals surface area contributed by atoms with E-state index in [1.807, 2.05) is 26.0 Å². The highest BCUT2D eigenvalue weighted by molar-refractivity contribution is 7.99. The zero-order valence-electron chi connectivity index (χ0n) is 16.5. The molecule has 2 aromatic carbocycles. The number of ether oxygens (including phenoxy) is 2. The van der Waals surface area contributed by atoms with Gasteiger partial charge in [-0.3, -0.25) is 14.4 Å². The summed E-state index contributed by atoms with van der Waals surface area (Å²) in [6.45, 7) is 5.00. The molecule has 0 fully saturated rings. The van der Waals surface area contributed by atoms with Gasteiger partial charge in [-0.15, -0.1) is 11.8 Å². The Labute approximate surface area is 169 Å². The van der Waals surface area contributed by atoms with Crippen molar-refractivity contribution >= 4 is 29.3 Å². The van der Waals surface area contributed by atoms with E-state index in [0.29, 0.717) is 22.6 Å². The first-order valence-electron chi connectivity index (χ1n) is 8.83. The molecule has 0 saturated heterocycles. The summed E-state index contributed by atoms with van der Waals surface area (Å²) in [5.74, 6) is 0.563. The third-order valence-corrected chi connectivity index (χ3v) is 5.18. The van der Waals surface area contributed by atoms with E-state index < -0.39 is 5.97 Å². The van der Waals surface area contributed by atoms with Gasteiger partial charge in [-0.1, -0.05) is 17.7 Å². The molecule has 0 saturated carbocycles. The van der Waals surface area contributed by atoms with E-state index in [4.69, 9.17) is 9.47 Å². The van der Waals surface area contributed by atoms with E-state index in [9.17, 15) is 14.4 Å². The Bertz CT molecular complexity index is 888. The number of rotatable bonds is 9. The number of esters is 1. The van der Waals surface area contributed by atoms with Crippen molar-refractivity contribution in [3.63, 3.8) is 0 Å². The van der Waals surface area contributed by atoms with Crippen LogP contribution in [0.4, 0.5) is 0 Å². The number of methoxy groups -OCH3 is 1. The first kappa shape index (κ1) is 21.7. The molecule has 28 heavy (non-hydrogen) atoms. The summed E-state index contributed by atoms with van der Waals surface area (Å²) in [5, 5.41) is 0. The van der Waals surface area contributed by atoms with Crippen LogP contribution in [0.3, 0.4) is 0 Å². The fraction of sp³-hybridized carbons (Fsp3) is 0.318. The summed E-state index contributed by atoms with van der Waals surface area (Å²) < 4.78 is 10.4.